The number of hydrogen-bond donors (Lipinski definition) is 0. The zero-order valence-electron chi connectivity index (χ0n) is 17.8. The van der Waals surface area contributed by atoms with Crippen molar-refractivity contribution in [2.75, 3.05) is 25.2 Å². The molecular weight excluding hydrogens is 412 g/mol. The zero-order valence-corrected chi connectivity index (χ0v) is 17.8. The number of carbonyl (C=O) groups is 3. The number of carbonyl (C=O) groups excluding carboxylic acids is 3. The summed E-state index contributed by atoms with van der Waals surface area (Å²) >= 11 is 0. The van der Waals surface area contributed by atoms with Gasteiger partial charge in [0.15, 0.2) is 0 Å². The Morgan fingerprint density at radius 3 is 2.47 bits per heavy atom. The average molecular weight is 436 g/mol. The van der Waals surface area contributed by atoms with E-state index in [0.717, 1.165) is 18.6 Å². The molecule has 2 aromatic carbocycles. The first-order valence-electron chi connectivity index (χ1n) is 10.8. The van der Waals surface area contributed by atoms with Gasteiger partial charge in [-0.05, 0) is 49.2 Å². The number of para-hydroxylation sites is 1. The second-order valence-electron chi connectivity index (χ2n) is 8.13. The number of esters is 1. The number of rotatable bonds is 7. The van der Waals surface area contributed by atoms with E-state index in [0.29, 0.717) is 17.0 Å². The molecule has 0 radical (unpaired) electrons. The van der Waals surface area contributed by atoms with E-state index in [1.807, 2.05) is 0 Å². The fraction of sp³-hybridized carbons (Fsp3) is 0.375. The second kappa shape index (κ2) is 7.85. The highest BCUT2D eigenvalue weighted by molar-refractivity contribution is 6.15. The molecule has 8 nitrogen and oxygen atoms in total. The summed E-state index contributed by atoms with van der Waals surface area (Å²) < 4.78 is 16.4. The normalized spacial score (nSPS) is 21.8. The third-order valence-corrected chi connectivity index (χ3v) is 6.18. The predicted molar refractivity (Wildman–Crippen MR) is 115 cm³/mol. The SMILES string of the molecule is COc1ccc(OCCOC(=O)C23CCC(=O)N2c2ccccc2C(=O)N3C2CC2)cc1. The maximum atomic E-state index is 13.5. The minimum Gasteiger partial charge on any atom is -0.497 e. The molecule has 0 N–H and O–H groups in total. The van der Waals surface area contributed by atoms with Crippen molar-refractivity contribution >= 4 is 23.5 Å². The van der Waals surface area contributed by atoms with Gasteiger partial charge in [0.25, 0.3) is 5.91 Å². The van der Waals surface area contributed by atoms with Crippen LogP contribution in [0.2, 0.25) is 0 Å². The van der Waals surface area contributed by atoms with Crippen LogP contribution in [0.3, 0.4) is 0 Å². The highest BCUT2D eigenvalue weighted by atomic mass is 16.6. The Morgan fingerprint density at radius 1 is 1.03 bits per heavy atom. The van der Waals surface area contributed by atoms with Crippen molar-refractivity contribution < 1.29 is 28.6 Å². The molecule has 0 bridgehead atoms. The quantitative estimate of drug-likeness (QED) is 0.490. The third kappa shape index (κ3) is 3.18. The molecule has 2 aromatic rings. The van der Waals surface area contributed by atoms with Gasteiger partial charge in [-0.1, -0.05) is 12.1 Å². The first-order valence-corrected chi connectivity index (χ1v) is 10.8. The first kappa shape index (κ1) is 20.4. The van der Waals surface area contributed by atoms with Crippen LogP contribution in [0.15, 0.2) is 48.5 Å². The summed E-state index contributed by atoms with van der Waals surface area (Å²) in [4.78, 5) is 42.8. The molecule has 1 saturated heterocycles. The van der Waals surface area contributed by atoms with Crippen LogP contribution in [-0.2, 0) is 14.3 Å². The summed E-state index contributed by atoms with van der Waals surface area (Å²) in [5, 5.41) is 0. The van der Waals surface area contributed by atoms with Crippen LogP contribution in [0, 0.1) is 0 Å². The minimum atomic E-state index is -1.43. The molecule has 2 heterocycles. The average Bonchev–Trinajstić information content (AvgIpc) is 3.59. The summed E-state index contributed by atoms with van der Waals surface area (Å²) in [6.45, 7) is 0.152. The van der Waals surface area contributed by atoms with E-state index in [-0.39, 0.29) is 43.9 Å². The van der Waals surface area contributed by atoms with Gasteiger partial charge in [0, 0.05) is 18.9 Å². The van der Waals surface area contributed by atoms with Crippen LogP contribution in [0.4, 0.5) is 5.69 Å². The van der Waals surface area contributed by atoms with Crippen molar-refractivity contribution in [2.24, 2.45) is 0 Å². The van der Waals surface area contributed by atoms with Crippen molar-refractivity contribution in [3.8, 4) is 11.5 Å². The van der Waals surface area contributed by atoms with Gasteiger partial charge in [-0.25, -0.2) is 4.79 Å². The fourth-order valence-corrected chi connectivity index (χ4v) is 4.59. The molecule has 1 aliphatic carbocycles. The largest absolute Gasteiger partial charge is 0.497 e. The molecule has 0 spiro atoms. The number of methoxy groups -OCH3 is 1. The molecule has 166 valence electrons. The van der Waals surface area contributed by atoms with E-state index in [1.54, 1.807) is 60.5 Å². The van der Waals surface area contributed by atoms with Crippen LogP contribution < -0.4 is 14.4 Å². The number of fused-ring (bicyclic) bond motifs is 3. The maximum Gasteiger partial charge on any atom is 0.353 e. The van der Waals surface area contributed by atoms with Gasteiger partial charge in [-0.2, -0.15) is 0 Å². The molecular formula is C24H24N2O6. The van der Waals surface area contributed by atoms with Gasteiger partial charge < -0.3 is 19.1 Å². The lowest BCUT2D eigenvalue weighted by Gasteiger charge is -2.48. The van der Waals surface area contributed by atoms with Gasteiger partial charge in [0.05, 0.1) is 18.4 Å². The van der Waals surface area contributed by atoms with Gasteiger partial charge in [-0.3, -0.25) is 14.5 Å². The molecule has 1 atom stereocenters. The summed E-state index contributed by atoms with van der Waals surface area (Å²) in [5.41, 5.74) is -0.506. The molecule has 32 heavy (non-hydrogen) atoms. The highest BCUT2D eigenvalue weighted by Crippen LogP contribution is 2.49. The lowest BCUT2D eigenvalue weighted by atomic mass is 9.96. The van der Waals surface area contributed by atoms with Crippen molar-refractivity contribution in [1.29, 1.82) is 0 Å². The highest BCUT2D eigenvalue weighted by Gasteiger charge is 2.64. The summed E-state index contributed by atoms with van der Waals surface area (Å²) in [5.74, 6) is 0.356. The monoisotopic (exact) mass is 436 g/mol. The molecule has 5 rings (SSSR count). The van der Waals surface area contributed by atoms with E-state index in [9.17, 15) is 14.4 Å². The summed E-state index contributed by atoms with van der Waals surface area (Å²) in [6, 6.07) is 14.0. The molecule has 3 aliphatic rings. The van der Waals surface area contributed by atoms with Crippen molar-refractivity contribution in [3.05, 3.63) is 54.1 Å². The maximum absolute atomic E-state index is 13.5. The number of benzene rings is 2. The lowest BCUT2D eigenvalue weighted by molar-refractivity contribution is -0.158. The number of hydrogen-bond acceptors (Lipinski definition) is 6. The van der Waals surface area contributed by atoms with Crippen molar-refractivity contribution in [2.45, 2.75) is 37.4 Å². The van der Waals surface area contributed by atoms with Gasteiger partial charge in [0.1, 0.15) is 24.7 Å². The standard InChI is InChI=1S/C24H24N2O6/c1-30-17-8-10-18(11-9-17)31-14-15-32-23(29)24-13-12-21(27)26(24)20-5-3-2-4-19(20)22(28)25(24)16-6-7-16/h2-5,8-11,16H,6-7,12-15H2,1H3. The van der Waals surface area contributed by atoms with Gasteiger partial charge in [-0.15, -0.1) is 0 Å². The Balaban J connectivity index is 1.36. The molecule has 2 fully saturated rings. The molecule has 1 saturated carbocycles. The van der Waals surface area contributed by atoms with Crippen LogP contribution in [0.1, 0.15) is 36.0 Å². The number of ether oxygens (including phenoxy) is 3. The van der Waals surface area contributed by atoms with E-state index < -0.39 is 11.6 Å². The lowest BCUT2D eigenvalue weighted by Crippen LogP contribution is -2.69. The Morgan fingerprint density at radius 2 is 1.75 bits per heavy atom. The summed E-state index contributed by atoms with van der Waals surface area (Å²) in [6.07, 6.45) is 2.03. The fourth-order valence-electron chi connectivity index (χ4n) is 4.59. The Labute approximate surface area is 185 Å². The van der Waals surface area contributed by atoms with Crippen LogP contribution in [-0.4, -0.2) is 54.7 Å². The minimum absolute atomic E-state index is 0.00296. The van der Waals surface area contributed by atoms with Crippen LogP contribution >= 0.6 is 0 Å². The molecule has 2 amide bonds. The number of nitrogens with zero attached hydrogens (tertiary/aromatic N) is 2. The molecule has 1 unspecified atom stereocenters. The Hall–Kier alpha value is -3.55. The van der Waals surface area contributed by atoms with E-state index in [4.69, 9.17) is 14.2 Å². The van der Waals surface area contributed by atoms with E-state index in [2.05, 4.69) is 0 Å². The molecule has 8 heteroatoms. The van der Waals surface area contributed by atoms with E-state index in [1.165, 1.54) is 4.90 Å². The third-order valence-electron chi connectivity index (χ3n) is 6.18. The Kier molecular flexibility index (Phi) is 5.00. The van der Waals surface area contributed by atoms with E-state index >= 15 is 0 Å². The van der Waals surface area contributed by atoms with Crippen molar-refractivity contribution in [1.82, 2.24) is 4.90 Å². The number of anilines is 1. The van der Waals surface area contributed by atoms with Crippen LogP contribution in [0.5, 0.6) is 11.5 Å². The topological polar surface area (TPSA) is 85.4 Å². The van der Waals surface area contributed by atoms with Crippen molar-refractivity contribution in [3.63, 3.8) is 0 Å². The predicted octanol–water partition coefficient (Wildman–Crippen LogP) is 2.76. The second-order valence-corrected chi connectivity index (χ2v) is 8.13. The molecule has 0 aromatic heterocycles. The summed E-state index contributed by atoms with van der Waals surface area (Å²) in [7, 11) is 1.59. The van der Waals surface area contributed by atoms with Gasteiger partial charge >= 0.3 is 5.97 Å². The van der Waals surface area contributed by atoms with Gasteiger partial charge in [0.2, 0.25) is 11.6 Å². The van der Waals surface area contributed by atoms with Crippen LogP contribution in [0.25, 0.3) is 0 Å². The smallest absolute Gasteiger partial charge is 0.353 e. The zero-order chi connectivity index (χ0) is 22.3. The number of amides is 2. The molecule has 2 aliphatic heterocycles. The Bertz CT molecular complexity index is 1060. The first-order chi connectivity index (χ1) is 15.6.